The molecule has 0 aliphatic heterocycles. The van der Waals surface area contributed by atoms with Crippen LogP contribution >= 0.6 is 23.2 Å². The smallest absolute Gasteiger partial charge is 0.251 e. The molecule has 1 aromatic rings. The third-order valence-electron chi connectivity index (χ3n) is 3.59. The Balaban J connectivity index is 2.72. The molecule has 0 unspecified atom stereocenters. The number of alkyl halides is 1. The van der Waals surface area contributed by atoms with Crippen molar-refractivity contribution in [2.45, 2.75) is 26.7 Å². The Kier molecular flexibility index (Phi) is 6.08. The molecule has 0 aliphatic carbocycles. The lowest BCUT2D eigenvalue weighted by Crippen LogP contribution is -2.38. The highest BCUT2D eigenvalue weighted by Crippen LogP contribution is 2.27. The summed E-state index contributed by atoms with van der Waals surface area (Å²) in [6, 6.07) is 3.93. The first-order chi connectivity index (χ1) is 8.98. The maximum absolute atomic E-state index is 13.0. The number of hydrogen-bond acceptors (Lipinski definition) is 1. The fourth-order valence-electron chi connectivity index (χ4n) is 1.74. The van der Waals surface area contributed by atoms with Crippen molar-refractivity contribution in [3.63, 3.8) is 0 Å². The normalized spacial score (nSPS) is 11.4. The van der Waals surface area contributed by atoms with Gasteiger partial charge in [-0.1, -0.05) is 25.4 Å². The topological polar surface area (TPSA) is 29.1 Å². The van der Waals surface area contributed by atoms with Crippen LogP contribution in [0.25, 0.3) is 0 Å². The van der Waals surface area contributed by atoms with Gasteiger partial charge in [-0.15, -0.1) is 11.6 Å². The van der Waals surface area contributed by atoms with Gasteiger partial charge in [-0.3, -0.25) is 4.79 Å². The first-order valence-corrected chi connectivity index (χ1v) is 7.18. The van der Waals surface area contributed by atoms with Crippen LogP contribution in [-0.4, -0.2) is 18.3 Å². The summed E-state index contributed by atoms with van der Waals surface area (Å²) in [6.07, 6.45) is 1.77. The molecule has 0 aliphatic rings. The second-order valence-corrected chi connectivity index (χ2v) is 5.33. The maximum atomic E-state index is 13.0. The first-order valence-electron chi connectivity index (χ1n) is 6.27. The molecule has 0 spiro atoms. The number of halogens is 3. The van der Waals surface area contributed by atoms with E-state index >= 15 is 0 Å². The Bertz CT molecular complexity index is 439. The lowest BCUT2D eigenvalue weighted by Gasteiger charge is -2.29. The van der Waals surface area contributed by atoms with Crippen molar-refractivity contribution in [3.05, 3.63) is 34.6 Å². The zero-order chi connectivity index (χ0) is 14.5. The van der Waals surface area contributed by atoms with E-state index in [0.29, 0.717) is 18.0 Å². The van der Waals surface area contributed by atoms with Crippen molar-refractivity contribution < 1.29 is 9.18 Å². The lowest BCUT2D eigenvalue weighted by molar-refractivity contribution is 0.0932. The van der Waals surface area contributed by atoms with Crippen LogP contribution in [0.2, 0.25) is 5.02 Å². The van der Waals surface area contributed by atoms with E-state index in [2.05, 4.69) is 5.32 Å². The van der Waals surface area contributed by atoms with Gasteiger partial charge < -0.3 is 5.32 Å². The molecule has 1 rings (SSSR count). The summed E-state index contributed by atoms with van der Waals surface area (Å²) in [6.45, 7) is 4.59. The van der Waals surface area contributed by atoms with E-state index in [0.717, 1.165) is 12.8 Å². The van der Waals surface area contributed by atoms with Crippen molar-refractivity contribution in [2.24, 2.45) is 5.41 Å². The Morgan fingerprint density at radius 3 is 2.47 bits per heavy atom. The fraction of sp³-hybridized carbons (Fsp3) is 0.500. The van der Waals surface area contributed by atoms with Gasteiger partial charge in [0.1, 0.15) is 5.82 Å². The van der Waals surface area contributed by atoms with Crippen LogP contribution in [0.1, 0.15) is 37.0 Å². The second kappa shape index (κ2) is 7.11. The molecular formula is C14H18Cl2FNO. The first kappa shape index (κ1) is 16.3. The van der Waals surface area contributed by atoms with E-state index in [-0.39, 0.29) is 16.3 Å². The van der Waals surface area contributed by atoms with Crippen LogP contribution in [0.3, 0.4) is 0 Å². The number of nitrogens with one attached hydrogen (secondary N) is 1. The second-order valence-electron chi connectivity index (χ2n) is 4.65. The van der Waals surface area contributed by atoms with E-state index in [1.54, 1.807) is 0 Å². The third kappa shape index (κ3) is 4.08. The molecule has 0 heterocycles. The Morgan fingerprint density at radius 2 is 2.00 bits per heavy atom. The van der Waals surface area contributed by atoms with Crippen molar-refractivity contribution >= 4 is 29.1 Å². The molecule has 2 nitrogen and oxygen atoms in total. The number of hydrogen-bond donors (Lipinski definition) is 1. The largest absolute Gasteiger partial charge is 0.351 e. The molecule has 0 saturated heterocycles. The molecular weight excluding hydrogens is 288 g/mol. The van der Waals surface area contributed by atoms with E-state index < -0.39 is 5.82 Å². The number of carbonyl (C=O) groups excluding carboxylic acids is 1. The van der Waals surface area contributed by atoms with Gasteiger partial charge in [0.25, 0.3) is 5.91 Å². The van der Waals surface area contributed by atoms with E-state index in [1.807, 2.05) is 13.8 Å². The molecule has 0 saturated carbocycles. The summed E-state index contributed by atoms with van der Waals surface area (Å²) in [5.41, 5.74) is 0.253. The minimum atomic E-state index is -0.532. The third-order valence-corrected chi connectivity index (χ3v) is 4.45. The molecule has 106 valence electrons. The predicted octanol–water partition coefficient (Wildman–Crippen LogP) is 4.25. The predicted molar refractivity (Wildman–Crippen MR) is 77.5 cm³/mol. The Hall–Kier alpha value is -0.800. The SMILES string of the molecule is CCC(CC)(CCl)CNC(=O)c1ccc(F)c(Cl)c1. The van der Waals surface area contributed by atoms with Gasteiger partial charge in [0.2, 0.25) is 0 Å². The van der Waals surface area contributed by atoms with Crippen LogP contribution in [-0.2, 0) is 0 Å². The quantitative estimate of drug-likeness (QED) is 0.782. The highest BCUT2D eigenvalue weighted by molar-refractivity contribution is 6.31. The van der Waals surface area contributed by atoms with E-state index in [4.69, 9.17) is 23.2 Å². The van der Waals surface area contributed by atoms with Crippen molar-refractivity contribution in [3.8, 4) is 0 Å². The molecule has 1 N–H and O–H groups in total. The van der Waals surface area contributed by atoms with Crippen LogP contribution in [0.5, 0.6) is 0 Å². The van der Waals surface area contributed by atoms with Gasteiger partial charge >= 0.3 is 0 Å². The van der Waals surface area contributed by atoms with Crippen molar-refractivity contribution in [2.75, 3.05) is 12.4 Å². The fourth-order valence-corrected chi connectivity index (χ4v) is 2.40. The lowest BCUT2D eigenvalue weighted by atomic mass is 9.84. The van der Waals surface area contributed by atoms with Gasteiger partial charge in [-0.25, -0.2) is 4.39 Å². The van der Waals surface area contributed by atoms with E-state index in [9.17, 15) is 9.18 Å². The van der Waals surface area contributed by atoms with Gasteiger partial charge in [-0.05, 0) is 31.0 Å². The summed E-state index contributed by atoms with van der Waals surface area (Å²) in [7, 11) is 0. The Morgan fingerprint density at radius 1 is 1.37 bits per heavy atom. The molecule has 5 heteroatoms. The molecule has 0 bridgehead atoms. The summed E-state index contributed by atoms with van der Waals surface area (Å²) < 4.78 is 13.0. The molecule has 0 aromatic heterocycles. The maximum Gasteiger partial charge on any atom is 0.251 e. The van der Waals surface area contributed by atoms with Crippen LogP contribution < -0.4 is 5.32 Å². The molecule has 19 heavy (non-hydrogen) atoms. The zero-order valence-corrected chi connectivity index (χ0v) is 12.6. The molecule has 0 radical (unpaired) electrons. The van der Waals surface area contributed by atoms with Crippen molar-refractivity contribution in [1.82, 2.24) is 5.32 Å². The summed E-state index contributed by atoms with van der Waals surface area (Å²) in [5, 5.41) is 2.78. The average Bonchev–Trinajstić information content (AvgIpc) is 2.43. The summed E-state index contributed by atoms with van der Waals surface area (Å²) in [5.74, 6) is -0.307. The molecule has 1 aromatic carbocycles. The molecule has 1 amide bonds. The van der Waals surface area contributed by atoms with Gasteiger partial charge in [0.05, 0.1) is 5.02 Å². The van der Waals surface area contributed by atoms with E-state index in [1.165, 1.54) is 18.2 Å². The monoisotopic (exact) mass is 305 g/mol. The van der Waals surface area contributed by atoms with Crippen LogP contribution in [0, 0.1) is 11.2 Å². The highest BCUT2D eigenvalue weighted by atomic mass is 35.5. The zero-order valence-electron chi connectivity index (χ0n) is 11.1. The number of carbonyl (C=O) groups is 1. The standard InChI is InChI=1S/C14H18Cl2FNO/c1-3-14(4-2,8-15)9-18-13(19)10-5-6-12(17)11(16)7-10/h5-7H,3-4,8-9H2,1-2H3,(H,18,19). The number of rotatable bonds is 6. The van der Waals surface area contributed by atoms with Crippen LogP contribution in [0.15, 0.2) is 18.2 Å². The number of benzene rings is 1. The molecule has 0 atom stereocenters. The minimum Gasteiger partial charge on any atom is -0.351 e. The van der Waals surface area contributed by atoms with Crippen LogP contribution in [0.4, 0.5) is 4.39 Å². The highest BCUT2D eigenvalue weighted by Gasteiger charge is 2.25. The average molecular weight is 306 g/mol. The molecule has 0 fully saturated rings. The van der Waals surface area contributed by atoms with Gasteiger partial charge in [0, 0.05) is 23.4 Å². The van der Waals surface area contributed by atoms with Gasteiger partial charge in [-0.2, -0.15) is 0 Å². The van der Waals surface area contributed by atoms with Crippen molar-refractivity contribution in [1.29, 1.82) is 0 Å². The minimum absolute atomic E-state index is 0.0535. The summed E-state index contributed by atoms with van der Waals surface area (Å²) >= 11 is 11.6. The van der Waals surface area contributed by atoms with Gasteiger partial charge in [0.15, 0.2) is 0 Å². The summed E-state index contributed by atoms with van der Waals surface area (Å²) in [4.78, 5) is 12.0. The number of amides is 1. The Labute approximate surface area is 123 Å².